The SMILES string of the molecule is C=Nc1c(N(C)C(C)C)ccc(NC(=O)c2ccc(=O)n(-c3c(F)cccc3F)n2)c1N1C[C@@H](C)[C@@H](N)C1. The van der Waals surface area contributed by atoms with E-state index in [0.29, 0.717) is 34.8 Å². The molecule has 2 atom stereocenters. The zero-order valence-corrected chi connectivity index (χ0v) is 21.8. The van der Waals surface area contributed by atoms with Crippen LogP contribution in [0.25, 0.3) is 5.69 Å². The Labute approximate surface area is 219 Å². The molecule has 3 N–H and O–H groups in total. The summed E-state index contributed by atoms with van der Waals surface area (Å²) in [5, 5.41) is 6.80. The van der Waals surface area contributed by atoms with Crippen molar-refractivity contribution in [2.24, 2.45) is 16.6 Å². The molecule has 0 aliphatic carbocycles. The Morgan fingerprint density at radius 3 is 2.42 bits per heavy atom. The van der Waals surface area contributed by atoms with Crippen molar-refractivity contribution >= 4 is 35.4 Å². The van der Waals surface area contributed by atoms with E-state index in [9.17, 15) is 18.4 Å². The minimum Gasteiger partial charge on any atom is -0.370 e. The molecule has 1 saturated heterocycles. The summed E-state index contributed by atoms with van der Waals surface area (Å²) < 4.78 is 29.2. The number of aromatic nitrogens is 2. The molecule has 2 aromatic carbocycles. The van der Waals surface area contributed by atoms with Gasteiger partial charge in [0, 0.05) is 38.3 Å². The van der Waals surface area contributed by atoms with Gasteiger partial charge in [0.05, 0.1) is 17.1 Å². The molecular weight excluding hydrogens is 492 g/mol. The minimum absolute atomic E-state index is 0.0661. The lowest BCUT2D eigenvalue weighted by molar-refractivity contribution is 0.102. The number of nitrogens with zero attached hydrogens (tertiary/aromatic N) is 5. The standard InChI is InChI=1S/C27H31F2N7O2/c1-15(2)34(5)22-11-9-20(26(24(22)31-4)35-13-16(3)19(30)14-35)32-27(38)21-10-12-23(37)36(33-21)25-17(28)7-6-8-18(25)29/h6-12,15-16,19H,4,13-14,30H2,1-3,5H3,(H,32,38)/t16-,19+/m1/s1. The molecule has 0 radical (unpaired) electrons. The molecule has 200 valence electrons. The molecule has 1 fully saturated rings. The molecule has 1 aliphatic heterocycles. The van der Waals surface area contributed by atoms with E-state index >= 15 is 0 Å². The van der Waals surface area contributed by atoms with E-state index in [0.717, 1.165) is 23.9 Å². The monoisotopic (exact) mass is 523 g/mol. The van der Waals surface area contributed by atoms with Crippen molar-refractivity contribution in [2.45, 2.75) is 32.9 Å². The number of carbonyl (C=O) groups is 1. The van der Waals surface area contributed by atoms with Crippen molar-refractivity contribution in [3.63, 3.8) is 0 Å². The zero-order chi connectivity index (χ0) is 27.7. The number of nitrogens with one attached hydrogen (secondary N) is 1. The molecule has 4 rings (SSSR count). The summed E-state index contributed by atoms with van der Waals surface area (Å²) in [4.78, 5) is 34.1. The Morgan fingerprint density at radius 1 is 1.16 bits per heavy atom. The lowest BCUT2D eigenvalue weighted by Crippen LogP contribution is -2.30. The largest absolute Gasteiger partial charge is 0.370 e. The number of hydrogen-bond acceptors (Lipinski definition) is 7. The van der Waals surface area contributed by atoms with Gasteiger partial charge in [-0.3, -0.25) is 14.6 Å². The normalized spacial score (nSPS) is 17.1. The summed E-state index contributed by atoms with van der Waals surface area (Å²) in [7, 11) is 1.95. The van der Waals surface area contributed by atoms with Crippen LogP contribution in [0.3, 0.4) is 0 Å². The third-order valence-electron chi connectivity index (χ3n) is 6.86. The molecule has 38 heavy (non-hydrogen) atoms. The maximum absolute atomic E-state index is 14.4. The van der Waals surface area contributed by atoms with Gasteiger partial charge in [-0.2, -0.15) is 9.78 Å². The Morgan fingerprint density at radius 2 is 1.84 bits per heavy atom. The van der Waals surface area contributed by atoms with Gasteiger partial charge in [-0.25, -0.2) is 8.78 Å². The Hall–Kier alpha value is -4.12. The van der Waals surface area contributed by atoms with Crippen molar-refractivity contribution in [1.29, 1.82) is 0 Å². The summed E-state index contributed by atoms with van der Waals surface area (Å²) >= 11 is 0. The van der Waals surface area contributed by atoms with Gasteiger partial charge in [-0.05, 0) is 56.8 Å². The predicted octanol–water partition coefficient (Wildman–Crippen LogP) is 3.72. The van der Waals surface area contributed by atoms with Crippen LogP contribution in [-0.4, -0.2) is 54.6 Å². The second-order valence-electron chi connectivity index (χ2n) is 9.73. The predicted molar refractivity (Wildman–Crippen MR) is 146 cm³/mol. The molecule has 0 spiro atoms. The van der Waals surface area contributed by atoms with Crippen molar-refractivity contribution in [3.8, 4) is 5.69 Å². The van der Waals surface area contributed by atoms with Crippen LogP contribution in [0, 0.1) is 17.6 Å². The van der Waals surface area contributed by atoms with Crippen LogP contribution in [0.1, 0.15) is 31.3 Å². The molecule has 0 saturated carbocycles. The van der Waals surface area contributed by atoms with E-state index in [-0.39, 0.29) is 23.7 Å². The summed E-state index contributed by atoms with van der Waals surface area (Å²) in [5.74, 6) is -2.42. The van der Waals surface area contributed by atoms with E-state index < -0.39 is 28.8 Å². The highest BCUT2D eigenvalue weighted by molar-refractivity contribution is 6.07. The first-order chi connectivity index (χ1) is 18.0. The third kappa shape index (κ3) is 5.01. The molecule has 1 aliphatic rings. The van der Waals surface area contributed by atoms with Gasteiger partial charge >= 0.3 is 0 Å². The zero-order valence-electron chi connectivity index (χ0n) is 21.8. The number of amides is 1. The van der Waals surface area contributed by atoms with E-state index in [1.54, 1.807) is 6.07 Å². The van der Waals surface area contributed by atoms with Crippen molar-refractivity contribution in [3.05, 3.63) is 70.1 Å². The molecule has 11 heteroatoms. The van der Waals surface area contributed by atoms with Gasteiger partial charge in [-0.1, -0.05) is 13.0 Å². The number of aliphatic imine (C=N–C) groups is 1. The Kier molecular flexibility index (Phi) is 7.58. The molecule has 0 unspecified atom stereocenters. The summed E-state index contributed by atoms with van der Waals surface area (Å²) in [6, 6.07) is 9.13. The second-order valence-corrected chi connectivity index (χ2v) is 9.73. The van der Waals surface area contributed by atoms with Crippen LogP contribution in [0.4, 0.5) is 31.5 Å². The van der Waals surface area contributed by atoms with Crippen LogP contribution in [0.15, 0.2) is 52.3 Å². The molecular formula is C27H31F2N7O2. The van der Waals surface area contributed by atoms with Gasteiger partial charge in [0.15, 0.2) is 11.6 Å². The second kappa shape index (κ2) is 10.7. The highest BCUT2D eigenvalue weighted by Crippen LogP contribution is 2.45. The van der Waals surface area contributed by atoms with Gasteiger partial charge in [0.25, 0.3) is 11.5 Å². The number of hydrogen-bond donors (Lipinski definition) is 2. The number of rotatable bonds is 7. The quantitative estimate of drug-likeness (QED) is 0.457. The Bertz CT molecular complexity index is 1410. The van der Waals surface area contributed by atoms with E-state index in [1.807, 2.05) is 13.1 Å². The number of halogens is 2. The lowest BCUT2D eigenvalue weighted by atomic mass is 10.1. The smallest absolute Gasteiger partial charge is 0.276 e. The fourth-order valence-electron chi connectivity index (χ4n) is 4.45. The third-order valence-corrected chi connectivity index (χ3v) is 6.86. The van der Waals surface area contributed by atoms with Crippen LogP contribution in [0.5, 0.6) is 0 Å². The van der Waals surface area contributed by atoms with Crippen LogP contribution in [-0.2, 0) is 0 Å². The number of nitrogens with two attached hydrogens (primary N) is 1. The van der Waals surface area contributed by atoms with Gasteiger partial charge < -0.3 is 20.9 Å². The van der Waals surface area contributed by atoms with E-state index in [1.165, 1.54) is 12.1 Å². The topological polar surface area (TPSA) is 109 Å². The fourth-order valence-corrected chi connectivity index (χ4v) is 4.45. The van der Waals surface area contributed by atoms with Crippen molar-refractivity contribution < 1.29 is 13.6 Å². The highest BCUT2D eigenvalue weighted by atomic mass is 19.1. The van der Waals surface area contributed by atoms with Gasteiger partial charge in [-0.15, -0.1) is 0 Å². The molecule has 9 nitrogen and oxygen atoms in total. The first-order valence-corrected chi connectivity index (χ1v) is 12.3. The van der Waals surface area contributed by atoms with Crippen molar-refractivity contribution in [1.82, 2.24) is 9.78 Å². The molecule has 2 heterocycles. The van der Waals surface area contributed by atoms with Crippen molar-refractivity contribution in [2.75, 3.05) is 35.3 Å². The fraction of sp³-hybridized carbons (Fsp3) is 0.333. The summed E-state index contributed by atoms with van der Waals surface area (Å²) in [6.45, 7) is 11.1. The van der Waals surface area contributed by atoms with Crippen LogP contribution >= 0.6 is 0 Å². The number of anilines is 3. The van der Waals surface area contributed by atoms with E-state index in [2.05, 4.69) is 52.7 Å². The Balaban J connectivity index is 1.78. The summed E-state index contributed by atoms with van der Waals surface area (Å²) in [6.07, 6.45) is 0. The molecule has 1 aromatic heterocycles. The molecule has 3 aromatic rings. The number of para-hydroxylation sites is 1. The van der Waals surface area contributed by atoms with Gasteiger partial charge in [0.2, 0.25) is 0 Å². The first kappa shape index (κ1) is 26.9. The minimum atomic E-state index is -0.981. The molecule has 1 amide bonds. The van der Waals surface area contributed by atoms with Crippen LogP contribution < -0.4 is 26.4 Å². The lowest BCUT2D eigenvalue weighted by Gasteiger charge is -2.30. The highest BCUT2D eigenvalue weighted by Gasteiger charge is 2.31. The maximum Gasteiger partial charge on any atom is 0.276 e. The van der Waals surface area contributed by atoms with Crippen LogP contribution in [0.2, 0.25) is 0 Å². The van der Waals surface area contributed by atoms with E-state index in [4.69, 9.17) is 5.73 Å². The number of benzene rings is 2. The summed E-state index contributed by atoms with van der Waals surface area (Å²) in [5.41, 5.74) is 7.17. The average molecular weight is 524 g/mol. The first-order valence-electron chi connectivity index (χ1n) is 12.3. The average Bonchev–Trinajstić information content (AvgIpc) is 3.21. The number of carbonyl (C=O) groups excluding carboxylic acids is 1. The maximum atomic E-state index is 14.4. The molecule has 0 bridgehead atoms. The van der Waals surface area contributed by atoms with Gasteiger partial charge in [0.1, 0.15) is 17.1 Å².